The molecule has 1 heterocycles. The molecule has 6 nitrogen and oxygen atoms in total. The molecule has 2 aromatic rings. The number of imidazole rings is 1. The third kappa shape index (κ3) is 2.37. The van der Waals surface area contributed by atoms with Gasteiger partial charge in [0, 0.05) is 30.6 Å². The van der Waals surface area contributed by atoms with Crippen LogP contribution in [0.25, 0.3) is 5.69 Å². The molecule has 0 aliphatic carbocycles. The maximum absolute atomic E-state index is 11.5. The van der Waals surface area contributed by atoms with E-state index in [-0.39, 0.29) is 17.0 Å². The summed E-state index contributed by atoms with van der Waals surface area (Å²) in [6.45, 7) is 3.29. The summed E-state index contributed by atoms with van der Waals surface area (Å²) in [4.78, 5) is 26.0. The SMILES string of the molecule is CCc1nccn1-c1ccc([N+](=O)[O-])c(C(C)=O)c1. The summed E-state index contributed by atoms with van der Waals surface area (Å²) in [6.07, 6.45) is 4.16. The topological polar surface area (TPSA) is 78.0 Å². The van der Waals surface area contributed by atoms with Gasteiger partial charge in [-0.05, 0) is 19.1 Å². The van der Waals surface area contributed by atoms with Gasteiger partial charge < -0.3 is 4.57 Å². The zero-order valence-corrected chi connectivity index (χ0v) is 10.7. The van der Waals surface area contributed by atoms with E-state index in [1.807, 2.05) is 11.5 Å². The number of nitro groups is 1. The number of hydrogen-bond donors (Lipinski definition) is 0. The number of aryl methyl sites for hydroxylation is 1. The number of nitro benzene ring substituents is 1. The molecule has 0 unspecified atom stereocenters. The number of rotatable bonds is 4. The fourth-order valence-corrected chi connectivity index (χ4v) is 1.95. The average molecular weight is 259 g/mol. The molecule has 1 aromatic carbocycles. The van der Waals surface area contributed by atoms with Crippen molar-refractivity contribution in [2.45, 2.75) is 20.3 Å². The molecule has 0 spiro atoms. The smallest absolute Gasteiger partial charge is 0.280 e. The summed E-state index contributed by atoms with van der Waals surface area (Å²) < 4.78 is 1.82. The van der Waals surface area contributed by atoms with Crippen LogP contribution in [0.1, 0.15) is 30.0 Å². The van der Waals surface area contributed by atoms with Crippen LogP contribution < -0.4 is 0 Å². The monoisotopic (exact) mass is 259 g/mol. The van der Waals surface area contributed by atoms with Crippen molar-refractivity contribution in [3.8, 4) is 5.69 Å². The van der Waals surface area contributed by atoms with Gasteiger partial charge in [0.15, 0.2) is 5.78 Å². The second-order valence-electron chi connectivity index (χ2n) is 4.08. The van der Waals surface area contributed by atoms with Crippen molar-refractivity contribution in [3.05, 3.63) is 52.1 Å². The van der Waals surface area contributed by atoms with E-state index in [9.17, 15) is 14.9 Å². The van der Waals surface area contributed by atoms with Crippen LogP contribution in [-0.4, -0.2) is 20.3 Å². The lowest BCUT2D eigenvalue weighted by Gasteiger charge is -2.08. The molecule has 0 amide bonds. The first-order chi connectivity index (χ1) is 9.04. The van der Waals surface area contributed by atoms with E-state index in [1.54, 1.807) is 18.5 Å². The van der Waals surface area contributed by atoms with Crippen LogP contribution in [0.5, 0.6) is 0 Å². The second-order valence-corrected chi connectivity index (χ2v) is 4.08. The van der Waals surface area contributed by atoms with Crippen LogP contribution in [0.15, 0.2) is 30.6 Å². The Morgan fingerprint density at radius 2 is 2.21 bits per heavy atom. The number of carbonyl (C=O) groups excluding carboxylic acids is 1. The number of benzene rings is 1. The minimum Gasteiger partial charge on any atom is -0.304 e. The Hall–Kier alpha value is -2.50. The van der Waals surface area contributed by atoms with E-state index < -0.39 is 4.92 Å². The molecule has 0 saturated heterocycles. The largest absolute Gasteiger partial charge is 0.304 e. The maximum Gasteiger partial charge on any atom is 0.280 e. The Labute approximate surface area is 109 Å². The van der Waals surface area contributed by atoms with E-state index in [0.29, 0.717) is 5.69 Å². The van der Waals surface area contributed by atoms with Gasteiger partial charge in [0.25, 0.3) is 5.69 Å². The first-order valence-corrected chi connectivity index (χ1v) is 5.86. The van der Waals surface area contributed by atoms with Crippen LogP contribution in [0, 0.1) is 10.1 Å². The van der Waals surface area contributed by atoms with Gasteiger partial charge in [-0.2, -0.15) is 0 Å². The lowest BCUT2D eigenvalue weighted by Crippen LogP contribution is -2.04. The van der Waals surface area contributed by atoms with Gasteiger partial charge in [0.1, 0.15) is 5.82 Å². The van der Waals surface area contributed by atoms with Gasteiger partial charge in [-0.25, -0.2) is 4.98 Å². The molecule has 98 valence electrons. The second kappa shape index (κ2) is 5.01. The molecule has 0 aliphatic rings. The Balaban J connectivity index is 2.58. The summed E-state index contributed by atoms with van der Waals surface area (Å²) in [5, 5.41) is 10.9. The van der Waals surface area contributed by atoms with Crippen molar-refractivity contribution < 1.29 is 9.72 Å². The molecular formula is C13H13N3O3. The van der Waals surface area contributed by atoms with Crippen molar-refractivity contribution >= 4 is 11.5 Å². The van der Waals surface area contributed by atoms with Gasteiger partial charge in [-0.3, -0.25) is 14.9 Å². The number of nitrogens with zero attached hydrogens (tertiary/aromatic N) is 3. The number of carbonyl (C=O) groups is 1. The quantitative estimate of drug-likeness (QED) is 0.480. The van der Waals surface area contributed by atoms with Crippen molar-refractivity contribution in [2.24, 2.45) is 0 Å². The predicted octanol–water partition coefficient (Wildman–Crippen LogP) is 2.55. The molecule has 0 bridgehead atoms. The summed E-state index contributed by atoms with van der Waals surface area (Å²) in [5.74, 6) is 0.509. The summed E-state index contributed by atoms with van der Waals surface area (Å²) in [7, 11) is 0. The van der Waals surface area contributed by atoms with Crippen LogP contribution in [0.3, 0.4) is 0 Å². The number of aromatic nitrogens is 2. The zero-order valence-electron chi connectivity index (χ0n) is 10.7. The predicted molar refractivity (Wildman–Crippen MR) is 69.6 cm³/mol. The molecule has 0 radical (unpaired) electrons. The molecule has 6 heteroatoms. The Morgan fingerprint density at radius 3 is 2.79 bits per heavy atom. The highest BCUT2D eigenvalue weighted by molar-refractivity contribution is 5.98. The van der Waals surface area contributed by atoms with E-state index in [4.69, 9.17) is 0 Å². The highest BCUT2D eigenvalue weighted by atomic mass is 16.6. The summed E-state index contributed by atoms with van der Waals surface area (Å²) in [6, 6.07) is 4.50. The van der Waals surface area contributed by atoms with E-state index in [0.717, 1.165) is 12.2 Å². The van der Waals surface area contributed by atoms with Gasteiger partial charge in [0.2, 0.25) is 0 Å². The number of Topliss-reactive ketones (excluding diaryl/α,β-unsaturated/α-hetero) is 1. The Bertz CT molecular complexity index is 646. The third-order valence-electron chi connectivity index (χ3n) is 2.87. The molecule has 19 heavy (non-hydrogen) atoms. The lowest BCUT2D eigenvalue weighted by molar-refractivity contribution is -0.385. The van der Waals surface area contributed by atoms with E-state index in [2.05, 4.69) is 4.98 Å². The van der Waals surface area contributed by atoms with Crippen LogP contribution in [0.2, 0.25) is 0 Å². The molecule has 0 atom stereocenters. The van der Waals surface area contributed by atoms with Gasteiger partial charge >= 0.3 is 0 Å². The molecule has 1 aromatic heterocycles. The van der Waals surface area contributed by atoms with Crippen molar-refractivity contribution in [1.82, 2.24) is 9.55 Å². The van der Waals surface area contributed by atoms with Crippen molar-refractivity contribution in [2.75, 3.05) is 0 Å². The average Bonchev–Trinajstić information content (AvgIpc) is 2.86. The van der Waals surface area contributed by atoms with Crippen molar-refractivity contribution in [3.63, 3.8) is 0 Å². The highest BCUT2D eigenvalue weighted by Gasteiger charge is 2.18. The molecule has 0 aliphatic heterocycles. The fraction of sp³-hybridized carbons (Fsp3) is 0.231. The normalized spacial score (nSPS) is 10.4. The van der Waals surface area contributed by atoms with Gasteiger partial charge in [-0.15, -0.1) is 0 Å². The van der Waals surface area contributed by atoms with Gasteiger partial charge in [-0.1, -0.05) is 6.92 Å². The minimum absolute atomic E-state index is 0.109. The molecule has 0 saturated carbocycles. The zero-order chi connectivity index (χ0) is 14.0. The molecule has 2 rings (SSSR count). The Morgan fingerprint density at radius 1 is 1.47 bits per heavy atom. The number of hydrogen-bond acceptors (Lipinski definition) is 4. The lowest BCUT2D eigenvalue weighted by atomic mass is 10.1. The molecule has 0 fully saturated rings. The summed E-state index contributed by atoms with van der Waals surface area (Å²) in [5.41, 5.74) is 0.637. The Kier molecular flexibility index (Phi) is 3.41. The highest BCUT2D eigenvalue weighted by Crippen LogP contribution is 2.23. The standard InChI is InChI=1S/C13H13N3O3/c1-3-13-14-6-7-15(13)10-4-5-12(16(18)19)11(8-10)9(2)17/h4-8H,3H2,1-2H3. The molecular weight excluding hydrogens is 246 g/mol. The minimum atomic E-state index is -0.546. The van der Waals surface area contributed by atoms with Crippen LogP contribution in [-0.2, 0) is 6.42 Å². The third-order valence-corrected chi connectivity index (χ3v) is 2.87. The first-order valence-electron chi connectivity index (χ1n) is 5.86. The first kappa shape index (κ1) is 12.9. The van der Waals surface area contributed by atoms with Crippen LogP contribution >= 0.6 is 0 Å². The van der Waals surface area contributed by atoms with Gasteiger partial charge in [0.05, 0.1) is 10.5 Å². The maximum atomic E-state index is 11.5. The van der Waals surface area contributed by atoms with Crippen LogP contribution in [0.4, 0.5) is 5.69 Å². The van der Waals surface area contributed by atoms with E-state index >= 15 is 0 Å². The van der Waals surface area contributed by atoms with E-state index in [1.165, 1.54) is 19.1 Å². The number of ketones is 1. The fourth-order valence-electron chi connectivity index (χ4n) is 1.95. The molecule has 0 N–H and O–H groups in total. The van der Waals surface area contributed by atoms with Crippen molar-refractivity contribution in [1.29, 1.82) is 0 Å². The summed E-state index contributed by atoms with van der Waals surface area (Å²) >= 11 is 0.